The molecular formula is C21H17ClN2O5. The van der Waals surface area contributed by atoms with E-state index < -0.39 is 11.9 Å². The Balaban J connectivity index is 1.58. The number of nitrogens with zero attached hydrogens (tertiary/aromatic N) is 1. The number of carbonyl (C=O) groups is 2. The number of hydrogen-bond acceptors (Lipinski definition) is 5. The highest BCUT2D eigenvalue weighted by Gasteiger charge is 2.12. The van der Waals surface area contributed by atoms with Crippen molar-refractivity contribution in [1.82, 2.24) is 5.43 Å². The van der Waals surface area contributed by atoms with Crippen LogP contribution >= 0.6 is 11.6 Å². The van der Waals surface area contributed by atoms with E-state index in [1.807, 2.05) is 25.1 Å². The summed E-state index contributed by atoms with van der Waals surface area (Å²) >= 11 is 5.87. The number of amides is 1. The summed E-state index contributed by atoms with van der Waals surface area (Å²) in [6, 6.07) is 15.3. The minimum absolute atomic E-state index is 0.0169. The third-order valence-corrected chi connectivity index (χ3v) is 4.27. The van der Waals surface area contributed by atoms with Crippen molar-refractivity contribution >= 4 is 29.7 Å². The molecule has 0 unspecified atom stereocenters. The molecule has 0 fully saturated rings. The topological polar surface area (TPSA) is 101 Å². The van der Waals surface area contributed by atoms with Crippen molar-refractivity contribution in [3.63, 3.8) is 0 Å². The second kappa shape index (κ2) is 9.07. The molecule has 8 heteroatoms. The van der Waals surface area contributed by atoms with Crippen LogP contribution in [0.1, 0.15) is 21.7 Å². The van der Waals surface area contributed by atoms with Crippen LogP contribution in [0.15, 0.2) is 64.1 Å². The van der Waals surface area contributed by atoms with Gasteiger partial charge in [-0.15, -0.1) is 0 Å². The van der Waals surface area contributed by atoms with E-state index >= 15 is 0 Å². The number of nitrogens with one attached hydrogen (secondary N) is 1. The molecular weight excluding hydrogens is 396 g/mol. The zero-order valence-electron chi connectivity index (χ0n) is 15.4. The molecule has 1 amide bonds. The smallest absolute Gasteiger partial charge is 0.337 e. The largest absolute Gasteiger partial charge is 0.483 e. The third-order valence-electron chi connectivity index (χ3n) is 3.94. The van der Waals surface area contributed by atoms with Crippen LogP contribution in [0.25, 0.3) is 11.3 Å². The van der Waals surface area contributed by atoms with Crippen molar-refractivity contribution in [2.45, 2.75) is 6.92 Å². The van der Waals surface area contributed by atoms with Gasteiger partial charge in [-0.3, -0.25) is 4.79 Å². The number of hydrazone groups is 1. The van der Waals surface area contributed by atoms with Crippen LogP contribution < -0.4 is 10.2 Å². The van der Waals surface area contributed by atoms with Gasteiger partial charge in [-0.1, -0.05) is 29.8 Å². The van der Waals surface area contributed by atoms with Crippen molar-refractivity contribution in [3.8, 4) is 17.1 Å². The number of benzene rings is 2. The van der Waals surface area contributed by atoms with Crippen molar-refractivity contribution < 1.29 is 23.8 Å². The average molecular weight is 413 g/mol. The average Bonchev–Trinajstić information content (AvgIpc) is 3.16. The predicted molar refractivity (Wildman–Crippen MR) is 109 cm³/mol. The van der Waals surface area contributed by atoms with Gasteiger partial charge < -0.3 is 14.3 Å². The van der Waals surface area contributed by atoms with Gasteiger partial charge in [0.2, 0.25) is 0 Å². The zero-order valence-corrected chi connectivity index (χ0v) is 16.1. The maximum Gasteiger partial charge on any atom is 0.337 e. The fraction of sp³-hybridized carbons (Fsp3) is 0.0952. The maximum atomic E-state index is 11.8. The lowest BCUT2D eigenvalue weighted by Crippen LogP contribution is -2.24. The summed E-state index contributed by atoms with van der Waals surface area (Å²) in [5.41, 5.74) is 3.82. The van der Waals surface area contributed by atoms with E-state index in [1.54, 1.807) is 24.3 Å². The van der Waals surface area contributed by atoms with Crippen LogP contribution in [0.4, 0.5) is 0 Å². The van der Waals surface area contributed by atoms with E-state index in [1.165, 1.54) is 18.3 Å². The van der Waals surface area contributed by atoms with Gasteiger partial charge >= 0.3 is 5.97 Å². The van der Waals surface area contributed by atoms with E-state index in [0.29, 0.717) is 22.8 Å². The summed E-state index contributed by atoms with van der Waals surface area (Å²) in [6.07, 6.45) is 1.34. The number of aromatic carboxylic acids is 1. The molecule has 0 saturated carbocycles. The molecule has 0 aliphatic carbocycles. The first kappa shape index (κ1) is 20.2. The molecule has 0 radical (unpaired) electrons. The quantitative estimate of drug-likeness (QED) is 0.448. The molecule has 29 heavy (non-hydrogen) atoms. The van der Waals surface area contributed by atoms with Crippen molar-refractivity contribution in [1.29, 1.82) is 0 Å². The highest BCUT2D eigenvalue weighted by molar-refractivity contribution is 6.33. The molecule has 2 aromatic carbocycles. The van der Waals surface area contributed by atoms with Crippen LogP contribution in [-0.4, -0.2) is 29.8 Å². The Kier molecular flexibility index (Phi) is 6.31. The lowest BCUT2D eigenvalue weighted by molar-refractivity contribution is -0.123. The Morgan fingerprint density at radius 3 is 2.76 bits per heavy atom. The van der Waals surface area contributed by atoms with E-state index in [2.05, 4.69) is 10.5 Å². The standard InChI is InChI=1S/C21H17ClN2O5/c1-13-4-2-3-5-18(13)28-12-20(25)24-23-11-15-7-9-19(29-15)14-6-8-17(22)16(10-14)21(26)27/h2-11H,12H2,1H3,(H,24,25)(H,26,27)/b23-11-. The van der Waals surface area contributed by atoms with E-state index in [-0.39, 0.29) is 17.2 Å². The fourth-order valence-corrected chi connectivity index (χ4v) is 2.68. The number of halogens is 1. The number of carboxylic acids is 1. The monoisotopic (exact) mass is 412 g/mol. The molecule has 3 aromatic rings. The van der Waals surface area contributed by atoms with Gasteiger partial charge in [0.25, 0.3) is 5.91 Å². The van der Waals surface area contributed by atoms with E-state index in [9.17, 15) is 9.59 Å². The summed E-state index contributed by atoms with van der Waals surface area (Å²) in [5.74, 6) is -0.0846. The predicted octanol–water partition coefficient (Wildman–Crippen LogP) is 4.14. The number of furan rings is 1. The normalized spacial score (nSPS) is 10.8. The molecule has 7 nitrogen and oxygen atoms in total. The Morgan fingerprint density at radius 2 is 2.00 bits per heavy atom. The molecule has 0 bridgehead atoms. The molecule has 1 heterocycles. The number of para-hydroxylation sites is 1. The molecule has 0 aliphatic heterocycles. The minimum Gasteiger partial charge on any atom is -0.483 e. The Bertz CT molecular complexity index is 1070. The van der Waals surface area contributed by atoms with Crippen molar-refractivity contribution in [2.75, 3.05) is 6.61 Å². The Labute approximate surface area is 171 Å². The van der Waals surface area contributed by atoms with Gasteiger partial charge in [0, 0.05) is 5.56 Å². The maximum absolute atomic E-state index is 11.8. The highest BCUT2D eigenvalue weighted by Crippen LogP contribution is 2.26. The number of hydrogen-bond donors (Lipinski definition) is 2. The van der Waals surface area contributed by atoms with Crippen LogP contribution in [0.2, 0.25) is 5.02 Å². The molecule has 0 spiro atoms. The summed E-state index contributed by atoms with van der Waals surface area (Å²) in [5, 5.41) is 13.1. The van der Waals surface area contributed by atoms with Crippen LogP contribution in [-0.2, 0) is 4.79 Å². The Hall–Kier alpha value is -3.58. The SMILES string of the molecule is Cc1ccccc1OCC(=O)N/N=C\c1ccc(-c2ccc(Cl)c(C(=O)O)c2)o1. The second-order valence-corrected chi connectivity index (χ2v) is 6.46. The molecule has 0 atom stereocenters. The van der Waals surface area contributed by atoms with Crippen LogP contribution in [0.3, 0.4) is 0 Å². The lowest BCUT2D eigenvalue weighted by Gasteiger charge is -2.07. The number of ether oxygens (including phenoxy) is 1. The highest BCUT2D eigenvalue weighted by atomic mass is 35.5. The zero-order chi connectivity index (χ0) is 20.8. The molecule has 2 N–H and O–H groups in total. The number of rotatable bonds is 7. The van der Waals surface area contributed by atoms with Crippen molar-refractivity contribution in [2.24, 2.45) is 5.10 Å². The molecule has 1 aromatic heterocycles. The van der Waals surface area contributed by atoms with Crippen molar-refractivity contribution in [3.05, 3.63) is 76.5 Å². The van der Waals surface area contributed by atoms with Gasteiger partial charge in [-0.2, -0.15) is 5.10 Å². The first-order valence-electron chi connectivity index (χ1n) is 8.57. The summed E-state index contributed by atoms with van der Waals surface area (Å²) < 4.78 is 11.0. The lowest BCUT2D eigenvalue weighted by atomic mass is 10.1. The van der Waals surface area contributed by atoms with Gasteiger partial charge in [0.05, 0.1) is 16.8 Å². The number of carboxylic acid groups (broad SMARTS) is 1. The molecule has 0 saturated heterocycles. The summed E-state index contributed by atoms with van der Waals surface area (Å²) in [6.45, 7) is 1.72. The summed E-state index contributed by atoms with van der Waals surface area (Å²) in [7, 11) is 0. The first-order chi connectivity index (χ1) is 13.9. The number of aryl methyl sites for hydroxylation is 1. The molecule has 3 rings (SSSR count). The fourth-order valence-electron chi connectivity index (χ4n) is 2.48. The van der Waals surface area contributed by atoms with Gasteiger partial charge in [-0.05, 0) is 48.9 Å². The summed E-state index contributed by atoms with van der Waals surface area (Å²) in [4.78, 5) is 23.0. The van der Waals surface area contributed by atoms with Gasteiger partial charge in [0.15, 0.2) is 6.61 Å². The van der Waals surface area contributed by atoms with Gasteiger partial charge in [0.1, 0.15) is 17.3 Å². The minimum atomic E-state index is -1.12. The third kappa shape index (κ3) is 5.24. The second-order valence-electron chi connectivity index (χ2n) is 6.05. The molecule has 148 valence electrons. The van der Waals surface area contributed by atoms with Crippen LogP contribution in [0, 0.1) is 6.92 Å². The van der Waals surface area contributed by atoms with Crippen LogP contribution in [0.5, 0.6) is 5.75 Å². The Morgan fingerprint density at radius 1 is 1.21 bits per heavy atom. The molecule has 0 aliphatic rings. The van der Waals surface area contributed by atoms with Gasteiger partial charge in [-0.25, -0.2) is 10.2 Å². The number of carbonyl (C=O) groups excluding carboxylic acids is 1. The first-order valence-corrected chi connectivity index (χ1v) is 8.95. The van der Waals surface area contributed by atoms with E-state index in [0.717, 1.165) is 5.56 Å². The van der Waals surface area contributed by atoms with E-state index in [4.69, 9.17) is 25.9 Å².